The zero-order valence-electron chi connectivity index (χ0n) is 20.7. The van der Waals surface area contributed by atoms with Crippen LogP contribution in [0.2, 0.25) is 0 Å². The highest BCUT2D eigenvalue weighted by Gasteiger charge is 2.39. The van der Waals surface area contributed by atoms with Crippen LogP contribution < -0.4 is 15.4 Å². The number of rotatable bonds is 8. The quantitative estimate of drug-likeness (QED) is 0.545. The van der Waals surface area contributed by atoms with Gasteiger partial charge in [-0.25, -0.2) is 0 Å². The normalized spacial score (nSPS) is 21.3. The molecule has 0 unspecified atom stereocenters. The predicted molar refractivity (Wildman–Crippen MR) is 134 cm³/mol. The molecule has 2 aliphatic heterocycles. The maximum atomic E-state index is 13.4. The minimum absolute atomic E-state index is 0.0844. The van der Waals surface area contributed by atoms with Crippen LogP contribution in [0, 0.1) is 0 Å². The largest absolute Gasteiger partial charge is 0.490 e. The molecule has 0 radical (unpaired) electrons. The lowest BCUT2D eigenvalue weighted by Gasteiger charge is -2.42. The highest BCUT2D eigenvalue weighted by molar-refractivity contribution is 6.00. The molecule has 1 saturated heterocycles. The van der Waals surface area contributed by atoms with E-state index in [9.17, 15) is 14.4 Å². The van der Waals surface area contributed by atoms with Gasteiger partial charge in [-0.2, -0.15) is 0 Å². The number of methoxy groups -OCH3 is 1. The topological polar surface area (TPSA) is 106 Å². The van der Waals surface area contributed by atoms with Crippen LogP contribution in [0.25, 0.3) is 0 Å². The van der Waals surface area contributed by atoms with Crippen molar-refractivity contribution in [2.24, 2.45) is 0 Å². The first-order chi connectivity index (χ1) is 17.4. The summed E-state index contributed by atoms with van der Waals surface area (Å²) in [5, 5.41) is 5.69. The number of carbonyl (C=O) groups excluding carboxylic acids is 3. The van der Waals surface area contributed by atoms with Crippen molar-refractivity contribution in [3.8, 4) is 5.75 Å². The molecule has 192 valence electrons. The third-order valence-corrected chi connectivity index (χ3v) is 6.54. The smallest absolute Gasteiger partial charge is 0.257 e. The maximum absolute atomic E-state index is 13.4. The number of anilines is 1. The first-order valence-electron chi connectivity index (χ1n) is 12.2. The zero-order valence-corrected chi connectivity index (χ0v) is 20.7. The average molecular weight is 496 g/mol. The number of fused-ring (bicyclic) bond motifs is 2. The van der Waals surface area contributed by atoms with Gasteiger partial charge in [-0.15, -0.1) is 0 Å². The molecule has 9 heteroatoms. The van der Waals surface area contributed by atoms with E-state index in [2.05, 4.69) is 10.6 Å². The summed E-state index contributed by atoms with van der Waals surface area (Å²) in [7, 11) is 3.35. The summed E-state index contributed by atoms with van der Waals surface area (Å²) in [5.74, 6) is -0.00162. The average Bonchev–Trinajstić information content (AvgIpc) is 2.87. The molecule has 3 atom stereocenters. The van der Waals surface area contributed by atoms with Crippen LogP contribution >= 0.6 is 0 Å². The minimum atomic E-state index is -0.345. The molecule has 2 N–H and O–H groups in total. The Morgan fingerprint density at radius 3 is 2.69 bits per heavy atom. The number of carbonyl (C=O) groups is 3. The molecule has 3 amide bonds. The van der Waals surface area contributed by atoms with E-state index >= 15 is 0 Å². The van der Waals surface area contributed by atoms with Crippen molar-refractivity contribution in [1.29, 1.82) is 0 Å². The molecular formula is C27H33N3O6. The summed E-state index contributed by atoms with van der Waals surface area (Å²) in [4.78, 5) is 39.8. The molecule has 1 fully saturated rings. The molecule has 0 saturated carbocycles. The van der Waals surface area contributed by atoms with Gasteiger partial charge in [0.1, 0.15) is 18.5 Å². The van der Waals surface area contributed by atoms with Crippen molar-refractivity contribution in [1.82, 2.24) is 10.2 Å². The SMILES string of the molecule is COCCNC(=O)C[C@@H]1CC[C@H]2[C@@H](COc3ccc(NC(=O)Cc4ccccc4)cc3C(=O)N2C)O1. The van der Waals surface area contributed by atoms with Gasteiger partial charge in [-0.05, 0) is 36.6 Å². The molecular weight excluding hydrogens is 462 g/mol. The Balaban J connectivity index is 1.40. The zero-order chi connectivity index (χ0) is 25.5. The minimum Gasteiger partial charge on any atom is -0.490 e. The van der Waals surface area contributed by atoms with Gasteiger partial charge in [0.15, 0.2) is 0 Å². The number of nitrogens with zero attached hydrogens (tertiary/aromatic N) is 1. The highest BCUT2D eigenvalue weighted by atomic mass is 16.5. The Bertz CT molecular complexity index is 1080. The summed E-state index contributed by atoms with van der Waals surface area (Å²) in [5.41, 5.74) is 1.85. The van der Waals surface area contributed by atoms with Crippen LogP contribution in [0.3, 0.4) is 0 Å². The fourth-order valence-corrected chi connectivity index (χ4v) is 4.66. The molecule has 9 nitrogen and oxygen atoms in total. The summed E-state index contributed by atoms with van der Waals surface area (Å²) < 4.78 is 17.2. The first kappa shape index (κ1) is 25.7. The van der Waals surface area contributed by atoms with Crippen LogP contribution in [0.15, 0.2) is 48.5 Å². The number of hydrogen-bond acceptors (Lipinski definition) is 6. The Morgan fingerprint density at radius 1 is 1.11 bits per heavy atom. The van der Waals surface area contributed by atoms with Crippen LogP contribution in [0.5, 0.6) is 5.75 Å². The van der Waals surface area contributed by atoms with E-state index in [-0.39, 0.29) is 55.4 Å². The van der Waals surface area contributed by atoms with Gasteiger partial charge in [0, 0.05) is 26.4 Å². The number of hydrogen-bond donors (Lipinski definition) is 2. The Kier molecular flexibility index (Phi) is 8.56. The van der Waals surface area contributed by atoms with Gasteiger partial charge in [-0.3, -0.25) is 14.4 Å². The standard InChI is InChI=1S/C27H33N3O6/c1-30-22-10-9-20(16-25(31)28-12-13-34-2)36-24(22)17-35-23-11-8-19(15-21(23)27(30)33)29-26(32)14-18-6-4-3-5-7-18/h3-8,11,15,20,22,24H,9-10,12-14,16-17H2,1-2H3,(H,28,31)(H,29,32)/t20-,22-,24+/m0/s1. The summed E-state index contributed by atoms with van der Waals surface area (Å²) >= 11 is 0. The molecule has 2 aliphatic rings. The highest BCUT2D eigenvalue weighted by Crippen LogP contribution is 2.32. The van der Waals surface area contributed by atoms with Crippen LogP contribution in [0.4, 0.5) is 5.69 Å². The maximum Gasteiger partial charge on any atom is 0.257 e. The monoisotopic (exact) mass is 495 g/mol. The van der Waals surface area contributed by atoms with Gasteiger partial charge >= 0.3 is 0 Å². The molecule has 4 rings (SSSR count). The first-order valence-corrected chi connectivity index (χ1v) is 12.2. The molecule has 0 spiro atoms. The number of nitrogens with one attached hydrogen (secondary N) is 2. The van der Waals surface area contributed by atoms with E-state index < -0.39 is 0 Å². The number of amides is 3. The van der Waals surface area contributed by atoms with Gasteiger partial charge in [-0.1, -0.05) is 30.3 Å². The number of ether oxygens (including phenoxy) is 3. The van der Waals surface area contributed by atoms with Gasteiger partial charge in [0.25, 0.3) is 5.91 Å². The van der Waals surface area contributed by atoms with Gasteiger partial charge < -0.3 is 29.7 Å². The van der Waals surface area contributed by atoms with E-state index in [4.69, 9.17) is 14.2 Å². The van der Waals surface area contributed by atoms with Crippen molar-refractivity contribution >= 4 is 23.4 Å². The third kappa shape index (κ3) is 6.41. The van der Waals surface area contributed by atoms with E-state index in [1.54, 1.807) is 37.3 Å². The Morgan fingerprint density at radius 2 is 1.92 bits per heavy atom. The van der Waals surface area contributed by atoms with Crippen molar-refractivity contribution in [2.75, 3.05) is 39.2 Å². The lowest BCUT2D eigenvalue weighted by atomic mass is 9.94. The summed E-state index contributed by atoms with van der Waals surface area (Å²) in [6.07, 6.45) is 1.29. The number of likely N-dealkylation sites (N-methyl/N-ethyl adjacent to an activating group) is 1. The lowest BCUT2D eigenvalue weighted by Crippen LogP contribution is -2.54. The second-order valence-corrected chi connectivity index (χ2v) is 9.14. The molecule has 2 aromatic rings. The van der Waals surface area contributed by atoms with Gasteiger partial charge in [0.2, 0.25) is 11.8 Å². The summed E-state index contributed by atoms with van der Waals surface area (Å²) in [6.45, 7) is 1.18. The van der Waals surface area contributed by atoms with Crippen LogP contribution in [-0.2, 0) is 25.5 Å². The summed E-state index contributed by atoms with van der Waals surface area (Å²) in [6, 6.07) is 14.4. The molecule has 0 aliphatic carbocycles. The van der Waals surface area contributed by atoms with Crippen molar-refractivity contribution < 1.29 is 28.6 Å². The fraction of sp³-hybridized carbons (Fsp3) is 0.444. The number of benzene rings is 2. The Hall–Kier alpha value is -3.43. The molecule has 36 heavy (non-hydrogen) atoms. The van der Waals surface area contributed by atoms with E-state index in [0.717, 1.165) is 5.56 Å². The molecule has 2 heterocycles. The van der Waals surface area contributed by atoms with Gasteiger partial charge in [0.05, 0.1) is 37.2 Å². The molecule has 2 aromatic carbocycles. The van der Waals surface area contributed by atoms with E-state index in [0.29, 0.717) is 43.0 Å². The lowest BCUT2D eigenvalue weighted by molar-refractivity contribution is -0.134. The van der Waals surface area contributed by atoms with Crippen molar-refractivity contribution in [3.63, 3.8) is 0 Å². The predicted octanol–water partition coefficient (Wildman–Crippen LogP) is 2.40. The van der Waals surface area contributed by atoms with E-state index in [1.807, 2.05) is 30.3 Å². The van der Waals surface area contributed by atoms with Crippen LogP contribution in [-0.4, -0.2) is 74.8 Å². The van der Waals surface area contributed by atoms with Crippen molar-refractivity contribution in [3.05, 3.63) is 59.7 Å². The van der Waals surface area contributed by atoms with Crippen molar-refractivity contribution in [2.45, 2.75) is 43.9 Å². The van der Waals surface area contributed by atoms with E-state index in [1.165, 1.54) is 0 Å². The van der Waals surface area contributed by atoms with Crippen LogP contribution in [0.1, 0.15) is 35.2 Å². The Labute approximate surface area is 211 Å². The second kappa shape index (κ2) is 12.0. The second-order valence-electron chi connectivity index (χ2n) is 9.14. The third-order valence-electron chi connectivity index (χ3n) is 6.54. The molecule has 0 bridgehead atoms. The molecule has 0 aromatic heterocycles. The fourth-order valence-electron chi connectivity index (χ4n) is 4.66.